The molecule has 0 radical (unpaired) electrons. The Morgan fingerprint density at radius 2 is 1.93 bits per heavy atom. The molecule has 0 spiro atoms. The number of fused-ring (bicyclic) bond motifs is 2. The molecule has 3 heterocycles. The number of likely N-dealkylation sites (N-methyl/N-ethyl adjacent to an activating group) is 1. The van der Waals surface area contributed by atoms with Crippen molar-refractivity contribution in [3.63, 3.8) is 0 Å². The smallest absolute Gasteiger partial charge is 0.340 e. The van der Waals surface area contributed by atoms with E-state index in [1.165, 1.54) is 19.4 Å². The predicted molar refractivity (Wildman–Crippen MR) is 164 cm³/mol. The molecule has 2 aromatic heterocycles. The summed E-state index contributed by atoms with van der Waals surface area (Å²) in [6, 6.07) is 7.69. The molecule has 0 N–H and O–H groups in total. The van der Waals surface area contributed by atoms with Crippen molar-refractivity contribution in [2.24, 2.45) is 0 Å². The minimum Gasteiger partial charge on any atom is -0.467 e. The monoisotopic (exact) mass is 623 g/mol. The average Bonchev–Trinajstić information content (AvgIpc) is 3.51. The summed E-state index contributed by atoms with van der Waals surface area (Å²) < 4.78 is 59.8. The molecule has 13 heteroatoms. The summed E-state index contributed by atoms with van der Waals surface area (Å²) >= 11 is 0. The molecule has 2 aromatic carbocycles. The van der Waals surface area contributed by atoms with Gasteiger partial charge in [0.05, 0.1) is 31.3 Å². The second kappa shape index (κ2) is 12.8. The molecule has 5 rings (SSSR count). The summed E-state index contributed by atoms with van der Waals surface area (Å²) in [5.74, 6) is 1.05. The van der Waals surface area contributed by atoms with Crippen LogP contribution >= 0.6 is 7.60 Å². The van der Waals surface area contributed by atoms with Crippen molar-refractivity contribution in [1.29, 1.82) is 0 Å². The van der Waals surface area contributed by atoms with Gasteiger partial charge in [0, 0.05) is 43.3 Å². The Labute approximate surface area is 253 Å². The number of carbonyl (C=O) groups is 1. The van der Waals surface area contributed by atoms with Gasteiger partial charge in [-0.2, -0.15) is 9.97 Å². The minimum atomic E-state index is -3.56. The normalized spacial score (nSPS) is 15.1. The number of amides is 1. The summed E-state index contributed by atoms with van der Waals surface area (Å²) in [6.07, 6.45) is 7.32. The molecule has 0 aliphatic carbocycles. The predicted octanol–water partition coefficient (Wildman–Crippen LogP) is 5.42. The van der Waals surface area contributed by atoms with Crippen LogP contribution in [0.1, 0.15) is 25.8 Å². The van der Waals surface area contributed by atoms with Gasteiger partial charge in [0.1, 0.15) is 29.0 Å². The van der Waals surface area contributed by atoms with E-state index in [2.05, 4.69) is 20.9 Å². The Balaban J connectivity index is 1.50. The van der Waals surface area contributed by atoms with Crippen LogP contribution in [0.2, 0.25) is 0 Å². The molecule has 10 nitrogen and oxygen atoms in total. The van der Waals surface area contributed by atoms with Crippen LogP contribution in [0.5, 0.6) is 6.01 Å². The van der Waals surface area contributed by atoms with Crippen LogP contribution < -0.4 is 9.64 Å². The number of anilines is 1. The van der Waals surface area contributed by atoms with E-state index in [4.69, 9.17) is 20.2 Å². The summed E-state index contributed by atoms with van der Waals surface area (Å²) in [5, 5.41) is 1.33. The molecule has 1 unspecified atom stereocenters. The number of rotatable bonds is 10. The Hall–Kier alpha value is -4.17. The molecule has 1 aliphatic heterocycles. The van der Waals surface area contributed by atoms with Gasteiger partial charge in [-0.1, -0.05) is 30.2 Å². The topological polar surface area (TPSA) is 107 Å². The maximum atomic E-state index is 16.3. The van der Waals surface area contributed by atoms with Crippen molar-refractivity contribution in [2.75, 3.05) is 51.5 Å². The Morgan fingerprint density at radius 3 is 2.61 bits per heavy atom. The van der Waals surface area contributed by atoms with E-state index in [0.29, 0.717) is 47.1 Å². The van der Waals surface area contributed by atoms with Crippen LogP contribution in [0.3, 0.4) is 0 Å². The third-order valence-electron chi connectivity index (χ3n) is 7.60. The number of carbonyl (C=O) groups excluding carboxylic acids is 1. The van der Waals surface area contributed by atoms with Crippen LogP contribution in [0.15, 0.2) is 36.5 Å². The fourth-order valence-corrected chi connectivity index (χ4v) is 7.08. The van der Waals surface area contributed by atoms with Crippen LogP contribution in [-0.2, 0) is 18.4 Å². The lowest BCUT2D eigenvalue weighted by molar-refractivity contribution is -0.127. The molecule has 44 heavy (non-hydrogen) atoms. The van der Waals surface area contributed by atoms with Crippen molar-refractivity contribution >= 4 is 41.0 Å². The summed E-state index contributed by atoms with van der Waals surface area (Å²) in [6.45, 7) is 4.42. The lowest BCUT2D eigenvalue weighted by Crippen LogP contribution is -2.38. The third kappa shape index (κ3) is 5.83. The van der Waals surface area contributed by atoms with Crippen LogP contribution in [0.25, 0.3) is 32.9 Å². The highest BCUT2D eigenvalue weighted by Crippen LogP contribution is 2.48. The number of terminal acetylenes is 1. The van der Waals surface area contributed by atoms with Crippen molar-refractivity contribution in [1.82, 2.24) is 19.9 Å². The standard InChI is InChI=1S/C31H32F2N5O5P/c1-6-21-24(32)13-12-19-10-9-11-22(26(19)21)28-27(33)29-23(16-34-28)30(36-31(35-29)41-5)37(4)20-14-15-38(17-20)25(39)18-44(40,42-7-2)43-8-3/h1,9-13,16,20H,7-8,14-15,17-18H2,2-5H3. The van der Waals surface area contributed by atoms with E-state index in [9.17, 15) is 13.8 Å². The third-order valence-corrected chi connectivity index (χ3v) is 9.56. The molecule has 1 atom stereocenters. The van der Waals surface area contributed by atoms with Gasteiger partial charge in [0.2, 0.25) is 5.91 Å². The van der Waals surface area contributed by atoms with Crippen LogP contribution in [0.4, 0.5) is 14.6 Å². The van der Waals surface area contributed by atoms with Gasteiger partial charge in [0.15, 0.2) is 5.82 Å². The first-order valence-corrected chi connectivity index (χ1v) is 15.8. The van der Waals surface area contributed by atoms with E-state index >= 15 is 4.39 Å². The first kappa shape index (κ1) is 31.3. The van der Waals surface area contributed by atoms with Gasteiger partial charge in [-0.05, 0) is 31.7 Å². The van der Waals surface area contributed by atoms with Gasteiger partial charge in [0.25, 0.3) is 0 Å². The SMILES string of the molecule is C#Cc1c(F)ccc2cccc(-c3ncc4c(N(C)C5CCN(C(=O)CP(=O)(OCC)OCC)C5)nc(OC)nc4c3F)c12. The molecular formula is C31H32F2N5O5P. The fraction of sp³-hybridized carbons (Fsp3) is 0.355. The molecule has 1 saturated heterocycles. The minimum absolute atomic E-state index is 0.0132. The highest BCUT2D eigenvalue weighted by Gasteiger charge is 2.35. The number of methoxy groups -OCH3 is 1. The van der Waals surface area contributed by atoms with Gasteiger partial charge in [-0.15, -0.1) is 6.42 Å². The number of ether oxygens (including phenoxy) is 1. The average molecular weight is 624 g/mol. The van der Waals surface area contributed by atoms with Gasteiger partial charge < -0.3 is 23.6 Å². The lowest BCUT2D eigenvalue weighted by Gasteiger charge is -2.27. The maximum absolute atomic E-state index is 16.3. The zero-order chi connectivity index (χ0) is 31.6. The zero-order valence-corrected chi connectivity index (χ0v) is 25.7. The van der Waals surface area contributed by atoms with E-state index in [1.54, 1.807) is 50.1 Å². The number of pyridine rings is 1. The largest absolute Gasteiger partial charge is 0.467 e. The second-order valence-electron chi connectivity index (χ2n) is 10.2. The highest BCUT2D eigenvalue weighted by atomic mass is 31.2. The van der Waals surface area contributed by atoms with E-state index in [0.717, 1.165) is 0 Å². The molecule has 230 valence electrons. The quantitative estimate of drug-likeness (QED) is 0.169. The highest BCUT2D eigenvalue weighted by molar-refractivity contribution is 7.54. The number of halogens is 2. The van der Waals surface area contributed by atoms with Crippen molar-refractivity contribution in [3.8, 4) is 29.6 Å². The van der Waals surface area contributed by atoms with Gasteiger partial charge in [-0.25, -0.2) is 8.78 Å². The molecule has 1 fully saturated rings. The molecule has 1 amide bonds. The zero-order valence-electron chi connectivity index (χ0n) is 24.8. The summed E-state index contributed by atoms with van der Waals surface area (Å²) in [5.41, 5.74) is 0.243. The first-order chi connectivity index (χ1) is 21.1. The number of nitrogens with zero attached hydrogens (tertiary/aromatic N) is 5. The number of hydrogen-bond acceptors (Lipinski definition) is 9. The molecular weight excluding hydrogens is 591 g/mol. The Morgan fingerprint density at radius 1 is 1.18 bits per heavy atom. The number of hydrogen-bond donors (Lipinski definition) is 0. The van der Waals surface area contributed by atoms with Crippen molar-refractivity contribution < 1.29 is 31.9 Å². The van der Waals surface area contributed by atoms with E-state index in [1.807, 2.05) is 4.90 Å². The number of benzene rings is 2. The van der Waals surface area contributed by atoms with E-state index in [-0.39, 0.29) is 54.1 Å². The van der Waals surface area contributed by atoms with Crippen LogP contribution in [-0.4, -0.2) is 78.4 Å². The Kier molecular flexibility index (Phi) is 9.11. The number of aromatic nitrogens is 3. The second-order valence-corrected chi connectivity index (χ2v) is 12.2. The Bertz CT molecular complexity index is 1820. The first-order valence-electron chi connectivity index (χ1n) is 14.1. The van der Waals surface area contributed by atoms with Crippen LogP contribution in [0, 0.1) is 24.0 Å². The summed E-state index contributed by atoms with van der Waals surface area (Å²) in [7, 11) is -0.397. The summed E-state index contributed by atoms with van der Waals surface area (Å²) in [4.78, 5) is 29.7. The van der Waals surface area contributed by atoms with Crippen molar-refractivity contribution in [2.45, 2.75) is 26.3 Å². The van der Waals surface area contributed by atoms with E-state index < -0.39 is 19.2 Å². The molecule has 0 bridgehead atoms. The molecule has 0 saturated carbocycles. The van der Waals surface area contributed by atoms with Gasteiger partial charge in [-0.3, -0.25) is 14.3 Å². The van der Waals surface area contributed by atoms with Gasteiger partial charge >= 0.3 is 13.6 Å². The van der Waals surface area contributed by atoms with Crippen molar-refractivity contribution in [3.05, 3.63) is 53.7 Å². The fourth-order valence-electron chi connectivity index (χ4n) is 5.51. The lowest BCUT2D eigenvalue weighted by atomic mass is 9.96. The number of likely N-dealkylation sites (tertiary alicyclic amines) is 1. The molecule has 4 aromatic rings. The maximum Gasteiger partial charge on any atom is 0.340 e. The molecule has 1 aliphatic rings.